The van der Waals surface area contributed by atoms with Crippen LogP contribution in [0.15, 0.2) is 0 Å². The van der Waals surface area contributed by atoms with Crippen molar-refractivity contribution in [3.63, 3.8) is 0 Å². The summed E-state index contributed by atoms with van der Waals surface area (Å²) >= 11 is 4.32. The molecule has 100 valence electrons. The summed E-state index contributed by atoms with van der Waals surface area (Å²) in [4.78, 5) is 20.6. The van der Waals surface area contributed by atoms with Crippen LogP contribution in [0.1, 0.15) is 13.8 Å². The second-order valence-electron chi connectivity index (χ2n) is 11.3. The molecule has 0 aliphatic carbocycles. The zero-order valence-corrected chi connectivity index (χ0v) is 12.2. The number of rotatable bonds is 1. The maximum absolute atomic E-state index is 10.9. The van der Waals surface area contributed by atoms with Crippen molar-refractivity contribution in [2.45, 2.75) is 67.1 Å². The van der Waals surface area contributed by atoms with E-state index in [1.165, 1.54) is 43.3 Å². The molecule has 2 nitrogen and oxygen atoms in total. The predicted molar refractivity (Wildman–Crippen MR) is 65.3 cm³/mol. The molecule has 10 heterocycles. The third-order valence-electron chi connectivity index (χ3n) is 15.6. The molecule has 0 radical (unpaired) electrons. The molecule has 4 atom stereocenters. The summed E-state index contributed by atoms with van der Waals surface area (Å²) in [6.07, 6.45) is 0. The number of fused-ring (bicyclic) bond motifs is 10. The van der Waals surface area contributed by atoms with Gasteiger partial charge in [-0.3, -0.25) is 4.79 Å². The average molecular weight is 309 g/mol. The Kier molecular flexibility index (Phi) is 0.288. The van der Waals surface area contributed by atoms with Crippen LogP contribution in [-0.4, -0.2) is 16.5 Å². The molecule has 4 unspecified atom stereocenters. The van der Waals surface area contributed by atoms with Crippen molar-refractivity contribution >= 4 is 17.3 Å². The first-order valence-electron chi connectivity index (χ1n) is 7.19. The molecule has 10 saturated heterocycles. The van der Waals surface area contributed by atoms with E-state index in [1.807, 2.05) is 0 Å². The molecule has 0 aromatic rings. The van der Waals surface area contributed by atoms with Crippen molar-refractivity contribution in [3.05, 3.63) is 0 Å². The van der Waals surface area contributed by atoms with Crippen LogP contribution in [-0.2, 0) is 11.3 Å². The van der Waals surface area contributed by atoms with Gasteiger partial charge in [-0.05, 0) is 11.6 Å². The van der Waals surface area contributed by atoms with E-state index in [1.54, 1.807) is 0 Å². The molecule has 4 heteroatoms. The first-order valence-corrected chi connectivity index (χ1v) is 13.9. The first kappa shape index (κ1) is 8.02. The second kappa shape index (κ2) is 0.646. The molecule has 0 aromatic heterocycles. The van der Waals surface area contributed by atoms with Crippen LogP contribution in [0.5, 0.6) is 0 Å². The number of halogens is 1. The van der Waals surface area contributed by atoms with Gasteiger partial charge in [0.15, 0.2) is 0 Å². The summed E-state index contributed by atoms with van der Waals surface area (Å²) in [5, 5.41) is 10.9. The fourth-order valence-electron chi connectivity index (χ4n) is 17.9. The maximum Gasteiger partial charge on any atom is 0.208 e. The average Bonchev–Trinajstić information content (AvgIpc) is 3.24. The molecule has 0 saturated carbocycles. The minimum Gasteiger partial charge on any atom is -0.285 e. The molecular weight excluding hydrogens is 291 g/mol. The SMILES string of the molecule is CC(C)(O)[C]12[CH]3[CH]4[CH]5[CH]1[Fe]45321678[CH]2[CH]1[CH]6[CH]7[CH]28.O=CCl. The topological polar surface area (TPSA) is 37.3 Å². The van der Waals surface area contributed by atoms with Crippen molar-refractivity contribution in [1.29, 1.82) is 0 Å². The van der Waals surface area contributed by atoms with Gasteiger partial charge in [0.25, 0.3) is 0 Å². The number of carbonyl (C=O) groups is 1. The van der Waals surface area contributed by atoms with Crippen molar-refractivity contribution < 1.29 is 16.4 Å². The minimum atomic E-state index is -2.94. The van der Waals surface area contributed by atoms with E-state index in [2.05, 4.69) is 25.4 Å². The van der Waals surface area contributed by atoms with E-state index in [-0.39, 0.29) is 11.3 Å². The van der Waals surface area contributed by atoms with Crippen LogP contribution >= 0.6 is 11.6 Å². The Morgan fingerprint density at radius 2 is 1.39 bits per heavy atom. The zero-order valence-electron chi connectivity index (χ0n) is 10.4. The Balaban J connectivity index is 0.000000211. The summed E-state index contributed by atoms with van der Waals surface area (Å²) < 4.78 is 0.687. The fraction of sp³-hybridized carbons (Fsp3) is 0.929. The molecule has 10 rings (SSSR count). The summed E-state index contributed by atoms with van der Waals surface area (Å²) in [6, 6.07) is 0. The van der Waals surface area contributed by atoms with Gasteiger partial charge in [-0.25, -0.2) is 0 Å². The van der Waals surface area contributed by atoms with E-state index in [0.29, 0.717) is 4.31 Å². The molecule has 10 aliphatic heterocycles. The Hall–Kier alpha value is 0.439. The van der Waals surface area contributed by atoms with Crippen LogP contribution < -0.4 is 0 Å². The van der Waals surface area contributed by atoms with E-state index in [9.17, 15) is 5.11 Å². The summed E-state index contributed by atoms with van der Waals surface area (Å²) in [6.45, 7) is 1.47. The molecular formula is C14H17ClFeO2. The van der Waals surface area contributed by atoms with Gasteiger partial charge < -0.3 is 0 Å². The smallest absolute Gasteiger partial charge is 0.208 e. The van der Waals surface area contributed by atoms with Gasteiger partial charge in [-0.2, -0.15) is 0 Å². The van der Waals surface area contributed by atoms with Crippen LogP contribution in [0.2, 0.25) is 47.7 Å². The molecule has 0 bridgehead atoms. The van der Waals surface area contributed by atoms with Crippen molar-refractivity contribution in [2.24, 2.45) is 0 Å². The quantitative estimate of drug-likeness (QED) is 0.453. The third kappa shape index (κ3) is 0.0792. The predicted octanol–water partition coefficient (Wildman–Crippen LogP) is 3.93. The molecule has 1 spiro atoms. The molecule has 10 aliphatic rings. The molecule has 0 aromatic carbocycles. The first-order chi connectivity index (χ1) is 8.21. The number of hydrogen-bond donors (Lipinski definition) is 1. The molecule has 0 amide bonds. The van der Waals surface area contributed by atoms with Crippen LogP contribution in [0.4, 0.5) is 0 Å². The monoisotopic (exact) mass is 308 g/mol. The molecule has 1 N–H and O–H groups in total. The summed E-state index contributed by atoms with van der Waals surface area (Å²) in [5.41, 5.74) is -0.262. The van der Waals surface area contributed by atoms with E-state index >= 15 is 0 Å². The Labute approximate surface area is 101 Å². The van der Waals surface area contributed by atoms with Crippen LogP contribution in [0, 0.1) is 0 Å². The third-order valence-corrected chi connectivity index (χ3v) is 58.3. The Morgan fingerprint density at radius 1 is 1.06 bits per heavy atom. The number of hydrogen-bond acceptors (Lipinski definition) is 2. The largest absolute Gasteiger partial charge is 0.285 e. The van der Waals surface area contributed by atoms with Gasteiger partial charge in [0.2, 0.25) is 5.75 Å². The minimum absolute atomic E-state index is 0.222. The van der Waals surface area contributed by atoms with Gasteiger partial charge in [0, 0.05) is 0 Å². The van der Waals surface area contributed by atoms with Crippen molar-refractivity contribution in [1.82, 2.24) is 0 Å². The van der Waals surface area contributed by atoms with Crippen LogP contribution in [0.25, 0.3) is 0 Å². The van der Waals surface area contributed by atoms with E-state index in [4.69, 9.17) is 4.79 Å². The fourth-order valence-corrected chi connectivity index (χ4v) is 94.3. The molecule has 10 fully saturated rings. The standard InChI is InChI=1S/C8H11O.C5H5.CHClO.Fe/c1-8(2,9)7-5-3-4-6-7;1-2-4-5-3-1;2-1-3;/h3-6,9H,1-2H3;1-5H;1H;. The van der Waals surface area contributed by atoms with Gasteiger partial charge in [0.1, 0.15) is 0 Å². The molecule has 18 heavy (non-hydrogen) atoms. The normalized spacial score (nSPS) is 113. The van der Waals surface area contributed by atoms with Gasteiger partial charge in [0.05, 0.1) is 0 Å². The Morgan fingerprint density at radius 3 is 1.44 bits per heavy atom. The van der Waals surface area contributed by atoms with Gasteiger partial charge in [-0.1, -0.05) is 0 Å². The van der Waals surface area contributed by atoms with E-state index in [0.717, 1.165) is 0 Å². The van der Waals surface area contributed by atoms with Crippen LogP contribution in [0.3, 0.4) is 0 Å². The summed E-state index contributed by atoms with van der Waals surface area (Å²) in [7, 11) is 0. The zero-order chi connectivity index (χ0) is 12.2. The Bertz CT molecular complexity index is 893. The van der Waals surface area contributed by atoms with Gasteiger partial charge in [-0.15, -0.1) is 0 Å². The second-order valence-corrected chi connectivity index (χ2v) is 35.1. The van der Waals surface area contributed by atoms with Crippen molar-refractivity contribution in [3.8, 4) is 0 Å². The number of aliphatic hydroxyl groups is 1. The van der Waals surface area contributed by atoms with Gasteiger partial charge >= 0.3 is 78.7 Å². The van der Waals surface area contributed by atoms with E-state index < -0.39 is 6.51 Å². The van der Waals surface area contributed by atoms with Crippen molar-refractivity contribution in [2.75, 3.05) is 0 Å². The maximum atomic E-state index is 10.9. The summed E-state index contributed by atoms with van der Waals surface area (Å²) in [5.74, 6) is 0.222. The number of carbonyl (C=O) groups excluding carboxylic acids is 1.